The molecule has 0 saturated heterocycles. The van der Waals surface area contributed by atoms with E-state index >= 15 is 0 Å². The summed E-state index contributed by atoms with van der Waals surface area (Å²) < 4.78 is 17.7. The van der Waals surface area contributed by atoms with Gasteiger partial charge in [-0.2, -0.15) is 0 Å². The number of halogens is 1. The third-order valence-electron chi connectivity index (χ3n) is 3.06. The van der Waals surface area contributed by atoms with Gasteiger partial charge in [0.1, 0.15) is 0 Å². The van der Waals surface area contributed by atoms with E-state index < -0.39 is 0 Å². The van der Waals surface area contributed by atoms with Crippen LogP contribution in [0.2, 0.25) is 0 Å². The second-order valence-corrected chi connectivity index (χ2v) is 6.08. The van der Waals surface area contributed by atoms with Crippen molar-refractivity contribution in [1.82, 2.24) is 0 Å². The van der Waals surface area contributed by atoms with E-state index in [1.165, 1.54) is 55.8 Å². The Bertz CT molecular complexity index is 150. The van der Waals surface area contributed by atoms with E-state index in [1.54, 1.807) is 0 Å². The largest absolute Gasteiger partial charge is 0.379 e. The molecule has 0 bridgehead atoms. The molecule has 3 nitrogen and oxygen atoms in total. The molecule has 4 heteroatoms. The Morgan fingerprint density at radius 3 is 1.50 bits per heavy atom. The van der Waals surface area contributed by atoms with Gasteiger partial charge in [0.15, 0.2) is 0 Å². The Kier molecular flexibility index (Phi) is 20.2. The lowest BCUT2D eigenvalue weighted by Crippen LogP contribution is -2.10. The summed E-state index contributed by atoms with van der Waals surface area (Å²) in [5.74, 6) is 0. The maximum Gasteiger partial charge on any atom is 0.0701 e. The minimum atomic E-state index is 0.687. The first kappa shape index (κ1) is 20.6. The van der Waals surface area contributed by atoms with E-state index in [4.69, 9.17) is 14.2 Å². The van der Waals surface area contributed by atoms with Crippen LogP contribution in [-0.4, -0.2) is 44.1 Å². The second-order valence-electron chi connectivity index (χ2n) is 5.00. The van der Waals surface area contributed by atoms with Crippen LogP contribution in [0, 0.1) is 0 Å². The van der Waals surface area contributed by atoms with Gasteiger partial charge in [-0.25, -0.2) is 0 Å². The van der Waals surface area contributed by atoms with Crippen molar-refractivity contribution in [1.29, 1.82) is 0 Å². The lowest BCUT2D eigenvalue weighted by Gasteiger charge is -2.06. The standard InChI is InChI=1S/C16H33IO3/c1-2-3-4-8-11-18-13-15-20-16-14-19-12-9-6-5-7-10-17/h2-16H2,1H3. The van der Waals surface area contributed by atoms with E-state index in [1.807, 2.05) is 0 Å². The predicted octanol–water partition coefficient (Wildman–Crippen LogP) is 4.61. The molecule has 0 fully saturated rings. The van der Waals surface area contributed by atoms with Crippen molar-refractivity contribution in [2.24, 2.45) is 0 Å². The van der Waals surface area contributed by atoms with E-state index in [9.17, 15) is 0 Å². The molecule has 0 amide bonds. The van der Waals surface area contributed by atoms with Gasteiger partial charge >= 0.3 is 0 Å². The summed E-state index contributed by atoms with van der Waals surface area (Å²) in [6, 6.07) is 0. The van der Waals surface area contributed by atoms with Gasteiger partial charge in [-0.15, -0.1) is 0 Å². The Balaban J connectivity index is 2.89. The Morgan fingerprint density at radius 2 is 1.00 bits per heavy atom. The summed E-state index contributed by atoms with van der Waals surface area (Å²) in [5, 5.41) is 0. The van der Waals surface area contributed by atoms with Crippen LogP contribution in [0.1, 0.15) is 58.3 Å². The van der Waals surface area contributed by atoms with Crippen LogP contribution in [0.25, 0.3) is 0 Å². The van der Waals surface area contributed by atoms with Crippen molar-refractivity contribution in [3.8, 4) is 0 Å². The highest BCUT2D eigenvalue weighted by Crippen LogP contribution is 2.02. The van der Waals surface area contributed by atoms with E-state index in [-0.39, 0.29) is 0 Å². The summed E-state index contributed by atoms with van der Waals surface area (Å²) >= 11 is 2.43. The van der Waals surface area contributed by atoms with Gasteiger partial charge in [-0.05, 0) is 23.7 Å². The van der Waals surface area contributed by atoms with Crippen LogP contribution in [0.5, 0.6) is 0 Å². The number of rotatable bonds is 17. The van der Waals surface area contributed by atoms with Gasteiger partial charge in [-0.1, -0.05) is 61.6 Å². The van der Waals surface area contributed by atoms with Crippen LogP contribution in [0.3, 0.4) is 0 Å². The molecule has 0 spiro atoms. The van der Waals surface area contributed by atoms with E-state index in [2.05, 4.69) is 29.5 Å². The summed E-state index contributed by atoms with van der Waals surface area (Å²) in [6.45, 7) is 6.77. The van der Waals surface area contributed by atoms with Gasteiger partial charge in [0.2, 0.25) is 0 Å². The lowest BCUT2D eigenvalue weighted by molar-refractivity contribution is 0.0132. The first-order chi connectivity index (χ1) is 9.91. The molecular formula is C16H33IO3. The molecule has 0 aliphatic heterocycles. The first-order valence-corrected chi connectivity index (χ1v) is 9.73. The van der Waals surface area contributed by atoms with Crippen LogP contribution < -0.4 is 0 Å². The molecule has 0 heterocycles. The van der Waals surface area contributed by atoms with Crippen molar-refractivity contribution in [3.05, 3.63) is 0 Å². The molecule has 0 aromatic carbocycles. The predicted molar refractivity (Wildman–Crippen MR) is 94.0 cm³/mol. The average molecular weight is 400 g/mol. The Hall–Kier alpha value is 0.610. The van der Waals surface area contributed by atoms with E-state index in [0.29, 0.717) is 26.4 Å². The van der Waals surface area contributed by atoms with Gasteiger partial charge < -0.3 is 14.2 Å². The molecule has 0 saturated carbocycles. The number of hydrogen-bond donors (Lipinski definition) is 0. The zero-order valence-corrected chi connectivity index (χ0v) is 15.4. The molecule has 0 atom stereocenters. The molecule has 0 aliphatic carbocycles. The van der Waals surface area contributed by atoms with Crippen molar-refractivity contribution in [3.63, 3.8) is 0 Å². The molecule has 0 aliphatic rings. The van der Waals surface area contributed by atoms with Gasteiger partial charge in [0.05, 0.1) is 26.4 Å². The Morgan fingerprint density at radius 1 is 0.550 bits per heavy atom. The number of hydrogen-bond acceptors (Lipinski definition) is 3. The number of ether oxygens (including phenoxy) is 3. The summed E-state index contributed by atoms with van der Waals surface area (Å²) in [7, 11) is 0. The maximum atomic E-state index is 5.52. The average Bonchev–Trinajstić information content (AvgIpc) is 2.47. The van der Waals surface area contributed by atoms with Crippen molar-refractivity contribution < 1.29 is 14.2 Å². The second kappa shape index (κ2) is 19.6. The molecule has 122 valence electrons. The molecule has 0 aromatic rings. The normalized spacial score (nSPS) is 11.1. The van der Waals surface area contributed by atoms with E-state index in [0.717, 1.165) is 13.2 Å². The molecule has 0 rings (SSSR count). The third-order valence-corrected chi connectivity index (χ3v) is 3.82. The SMILES string of the molecule is CCCCCCOCCOCCOCCCCCCI. The smallest absolute Gasteiger partial charge is 0.0701 e. The fourth-order valence-corrected chi connectivity index (χ4v) is 2.36. The van der Waals surface area contributed by atoms with Crippen molar-refractivity contribution in [2.75, 3.05) is 44.1 Å². The van der Waals surface area contributed by atoms with Crippen LogP contribution in [0.4, 0.5) is 0 Å². The first-order valence-electron chi connectivity index (χ1n) is 8.21. The van der Waals surface area contributed by atoms with Crippen LogP contribution >= 0.6 is 22.6 Å². The molecular weight excluding hydrogens is 367 g/mol. The fraction of sp³-hybridized carbons (Fsp3) is 1.00. The van der Waals surface area contributed by atoms with Gasteiger partial charge in [-0.3, -0.25) is 0 Å². The lowest BCUT2D eigenvalue weighted by atomic mass is 10.2. The zero-order valence-electron chi connectivity index (χ0n) is 13.2. The van der Waals surface area contributed by atoms with Gasteiger partial charge in [0, 0.05) is 13.2 Å². The van der Waals surface area contributed by atoms with Crippen molar-refractivity contribution in [2.45, 2.75) is 58.3 Å². The number of unbranched alkanes of at least 4 members (excludes halogenated alkanes) is 6. The molecule has 0 aromatic heterocycles. The van der Waals surface area contributed by atoms with Gasteiger partial charge in [0.25, 0.3) is 0 Å². The minimum Gasteiger partial charge on any atom is -0.379 e. The monoisotopic (exact) mass is 400 g/mol. The maximum absolute atomic E-state index is 5.52. The van der Waals surface area contributed by atoms with Crippen LogP contribution in [0.15, 0.2) is 0 Å². The van der Waals surface area contributed by atoms with Crippen LogP contribution in [-0.2, 0) is 14.2 Å². The molecule has 0 radical (unpaired) electrons. The Labute approximate surface area is 139 Å². The quantitative estimate of drug-likeness (QED) is 0.203. The fourth-order valence-electron chi connectivity index (χ4n) is 1.82. The zero-order chi connectivity index (χ0) is 14.7. The highest BCUT2D eigenvalue weighted by molar-refractivity contribution is 14.1. The topological polar surface area (TPSA) is 27.7 Å². The number of alkyl halides is 1. The summed E-state index contributed by atoms with van der Waals surface area (Å²) in [4.78, 5) is 0. The minimum absolute atomic E-state index is 0.687. The molecule has 0 N–H and O–H groups in total. The molecule has 20 heavy (non-hydrogen) atoms. The highest BCUT2D eigenvalue weighted by atomic mass is 127. The highest BCUT2D eigenvalue weighted by Gasteiger charge is 1.93. The summed E-state index contributed by atoms with van der Waals surface area (Å²) in [5.41, 5.74) is 0. The molecule has 0 unspecified atom stereocenters. The van der Waals surface area contributed by atoms with Crippen molar-refractivity contribution >= 4 is 22.6 Å². The summed E-state index contributed by atoms with van der Waals surface area (Å²) in [6.07, 6.45) is 10.2. The third kappa shape index (κ3) is 18.6.